The van der Waals surface area contributed by atoms with Crippen molar-refractivity contribution in [1.29, 1.82) is 0 Å². The van der Waals surface area contributed by atoms with Crippen LogP contribution in [0.4, 0.5) is 0 Å². The molecule has 2 rings (SSSR count). The van der Waals surface area contributed by atoms with E-state index in [-0.39, 0.29) is 18.7 Å². The van der Waals surface area contributed by atoms with Gasteiger partial charge in [0.1, 0.15) is 6.04 Å². The summed E-state index contributed by atoms with van der Waals surface area (Å²) in [5.74, 6) is -0.748. The van der Waals surface area contributed by atoms with Gasteiger partial charge in [-0.3, -0.25) is 9.59 Å². The topological polar surface area (TPSA) is 104 Å². The quantitative estimate of drug-likeness (QED) is 0.652. The van der Waals surface area contributed by atoms with Crippen molar-refractivity contribution in [3.05, 3.63) is 0 Å². The summed E-state index contributed by atoms with van der Waals surface area (Å²) in [5, 5.41) is 20.0. The second kappa shape index (κ2) is 6.24. The lowest BCUT2D eigenvalue weighted by atomic mass is 9.86. The Labute approximate surface area is 117 Å². The highest BCUT2D eigenvalue weighted by Crippen LogP contribution is 2.49. The number of hydrogen-bond acceptors (Lipinski definition) is 3. The molecule has 20 heavy (non-hydrogen) atoms. The molecule has 6 heteroatoms. The molecule has 0 aromatic heterocycles. The van der Waals surface area contributed by atoms with Gasteiger partial charge >= 0.3 is 11.9 Å². The first kappa shape index (κ1) is 14.8. The third-order valence-corrected chi connectivity index (χ3v) is 4.61. The minimum absolute atomic E-state index is 0.0763. The number of nitrogens with one attached hydrogen (secondary N) is 1. The molecule has 3 unspecified atom stereocenters. The Balaban J connectivity index is 1.79. The zero-order valence-corrected chi connectivity index (χ0v) is 11.4. The first-order chi connectivity index (χ1) is 9.45. The van der Waals surface area contributed by atoms with E-state index < -0.39 is 18.0 Å². The Bertz CT molecular complexity index is 408. The van der Waals surface area contributed by atoms with Gasteiger partial charge in [0, 0.05) is 12.8 Å². The predicted molar refractivity (Wildman–Crippen MR) is 70.0 cm³/mol. The summed E-state index contributed by atoms with van der Waals surface area (Å²) in [4.78, 5) is 33.4. The zero-order valence-electron chi connectivity index (χ0n) is 11.4. The summed E-state index contributed by atoms with van der Waals surface area (Å²) < 4.78 is 0. The van der Waals surface area contributed by atoms with Crippen LogP contribution in [0.25, 0.3) is 0 Å². The van der Waals surface area contributed by atoms with Gasteiger partial charge in [-0.25, -0.2) is 4.79 Å². The van der Waals surface area contributed by atoms with Gasteiger partial charge in [0.25, 0.3) is 0 Å². The maximum Gasteiger partial charge on any atom is 0.326 e. The van der Waals surface area contributed by atoms with Gasteiger partial charge in [0.05, 0.1) is 0 Å². The fourth-order valence-electron chi connectivity index (χ4n) is 3.64. The molecule has 0 saturated heterocycles. The van der Waals surface area contributed by atoms with Crippen molar-refractivity contribution in [3.63, 3.8) is 0 Å². The highest BCUT2D eigenvalue weighted by atomic mass is 16.4. The van der Waals surface area contributed by atoms with Crippen LogP contribution < -0.4 is 5.32 Å². The fraction of sp³-hybridized carbons (Fsp3) is 0.786. The van der Waals surface area contributed by atoms with Crippen LogP contribution in [0.5, 0.6) is 0 Å². The molecule has 2 saturated carbocycles. The fourth-order valence-corrected chi connectivity index (χ4v) is 3.64. The minimum atomic E-state index is -1.17. The lowest BCUT2D eigenvalue weighted by molar-refractivity contribution is -0.143. The van der Waals surface area contributed by atoms with E-state index in [1.54, 1.807) is 0 Å². The first-order valence-electron chi connectivity index (χ1n) is 7.19. The van der Waals surface area contributed by atoms with Gasteiger partial charge in [0.15, 0.2) is 0 Å². The molecule has 2 fully saturated rings. The summed E-state index contributed by atoms with van der Waals surface area (Å²) in [6, 6.07) is -1.10. The molecule has 0 spiro atoms. The molecule has 0 aromatic carbocycles. The Morgan fingerprint density at radius 3 is 2.40 bits per heavy atom. The third kappa shape index (κ3) is 3.71. The lowest BCUT2D eigenvalue weighted by Gasteiger charge is -2.22. The molecule has 0 heterocycles. The number of carbonyl (C=O) groups is 3. The van der Waals surface area contributed by atoms with Crippen LogP contribution >= 0.6 is 0 Å². The van der Waals surface area contributed by atoms with Crippen molar-refractivity contribution in [2.24, 2.45) is 17.8 Å². The van der Waals surface area contributed by atoms with Crippen LogP contribution in [0, 0.1) is 17.8 Å². The van der Waals surface area contributed by atoms with E-state index in [4.69, 9.17) is 10.2 Å². The maximum atomic E-state index is 11.9. The molecule has 1 amide bonds. The maximum absolute atomic E-state index is 11.9. The number of aliphatic carboxylic acids is 2. The number of rotatable bonds is 7. The highest BCUT2D eigenvalue weighted by Gasteiger charge is 2.40. The number of hydrogen-bond donors (Lipinski definition) is 3. The summed E-state index contributed by atoms with van der Waals surface area (Å²) in [6.45, 7) is 0. The van der Waals surface area contributed by atoms with Crippen LogP contribution in [0.1, 0.15) is 44.9 Å². The Morgan fingerprint density at radius 2 is 1.90 bits per heavy atom. The molecule has 2 aliphatic carbocycles. The molecule has 0 aromatic rings. The average Bonchev–Trinajstić information content (AvgIpc) is 2.95. The van der Waals surface area contributed by atoms with Crippen molar-refractivity contribution in [3.8, 4) is 0 Å². The molecular formula is C14H21NO5. The van der Waals surface area contributed by atoms with Crippen LogP contribution in [0.3, 0.4) is 0 Å². The van der Waals surface area contributed by atoms with E-state index in [9.17, 15) is 14.4 Å². The van der Waals surface area contributed by atoms with E-state index >= 15 is 0 Å². The molecule has 2 aliphatic rings. The van der Waals surface area contributed by atoms with E-state index in [1.807, 2.05) is 0 Å². The summed E-state index contributed by atoms with van der Waals surface area (Å²) in [7, 11) is 0. The molecule has 0 radical (unpaired) electrons. The normalized spacial score (nSPS) is 29.1. The van der Waals surface area contributed by atoms with E-state index in [0.29, 0.717) is 18.3 Å². The lowest BCUT2D eigenvalue weighted by Crippen LogP contribution is -2.42. The van der Waals surface area contributed by atoms with Gasteiger partial charge in [-0.15, -0.1) is 0 Å². The van der Waals surface area contributed by atoms with Gasteiger partial charge in [0.2, 0.25) is 5.91 Å². The van der Waals surface area contributed by atoms with E-state index in [0.717, 1.165) is 12.3 Å². The smallest absolute Gasteiger partial charge is 0.326 e. The van der Waals surface area contributed by atoms with Crippen LogP contribution in [-0.4, -0.2) is 34.1 Å². The Morgan fingerprint density at radius 1 is 1.15 bits per heavy atom. The number of carbonyl (C=O) groups excluding carboxylic acids is 1. The average molecular weight is 283 g/mol. The predicted octanol–water partition coefficient (Wildman–Crippen LogP) is 1.25. The monoisotopic (exact) mass is 283 g/mol. The summed E-state index contributed by atoms with van der Waals surface area (Å²) in [5.41, 5.74) is 0. The standard InChI is InChI=1S/C14H21NO5/c16-12(7-10-6-8-1-2-9(10)5-8)15-11(14(19)20)3-4-13(17)18/h8-11H,1-7H2,(H,15,16)(H,17,18)(H,19,20)/t8?,9?,10?,11-/m0/s1. The van der Waals surface area contributed by atoms with Crippen molar-refractivity contribution in [2.45, 2.75) is 51.0 Å². The first-order valence-corrected chi connectivity index (χ1v) is 7.19. The third-order valence-electron chi connectivity index (χ3n) is 4.61. The molecule has 4 atom stereocenters. The molecule has 6 nitrogen and oxygen atoms in total. The molecule has 0 aliphatic heterocycles. The number of fused-ring (bicyclic) bond motifs is 2. The summed E-state index contributed by atoms with van der Waals surface area (Å²) >= 11 is 0. The Kier molecular flexibility index (Phi) is 4.62. The van der Waals surface area contributed by atoms with Crippen molar-refractivity contribution in [1.82, 2.24) is 5.32 Å². The van der Waals surface area contributed by atoms with Crippen molar-refractivity contribution in [2.75, 3.05) is 0 Å². The number of amides is 1. The number of carboxylic acids is 2. The molecule has 2 bridgehead atoms. The molecular weight excluding hydrogens is 262 g/mol. The van der Waals surface area contributed by atoms with Gasteiger partial charge in [-0.1, -0.05) is 6.42 Å². The van der Waals surface area contributed by atoms with Crippen LogP contribution in [0.15, 0.2) is 0 Å². The van der Waals surface area contributed by atoms with Crippen molar-refractivity contribution >= 4 is 17.8 Å². The Hall–Kier alpha value is -1.59. The zero-order chi connectivity index (χ0) is 14.7. The van der Waals surface area contributed by atoms with Crippen LogP contribution in [-0.2, 0) is 14.4 Å². The van der Waals surface area contributed by atoms with Crippen LogP contribution in [0.2, 0.25) is 0 Å². The molecule has 112 valence electrons. The summed E-state index contributed by atoms with van der Waals surface area (Å²) in [6.07, 6.45) is 4.77. The highest BCUT2D eigenvalue weighted by molar-refractivity contribution is 5.84. The SMILES string of the molecule is O=C(O)CC[C@H](NC(=O)CC1CC2CCC1C2)C(=O)O. The van der Waals surface area contributed by atoms with Gasteiger partial charge < -0.3 is 15.5 Å². The molecule has 3 N–H and O–H groups in total. The van der Waals surface area contributed by atoms with Gasteiger partial charge in [-0.05, 0) is 43.4 Å². The van der Waals surface area contributed by atoms with E-state index in [1.165, 1.54) is 19.3 Å². The van der Waals surface area contributed by atoms with Gasteiger partial charge in [-0.2, -0.15) is 0 Å². The van der Waals surface area contributed by atoms with Crippen molar-refractivity contribution < 1.29 is 24.6 Å². The second-order valence-electron chi connectivity index (χ2n) is 6.03. The minimum Gasteiger partial charge on any atom is -0.481 e. The number of carboxylic acid groups (broad SMARTS) is 2. The largest absolute Gasteiger partial charge is 0.481 e. The second-order valence-corrected chi connectivity index (χ2v) is 6.03. The van der Waals surface area contributed by atoms with E-state index in [2.05, 4.69) is 5.32 Å².